The van der Waals surface area contributed by atoms with E-state index in [-0.39, 0.29) is 10.8 Å². The number of benzene rings is 1. The molecule has 19 heavy (non-hydrogen) atoms. The lowest BCUT2D eigenvalue weighted by atomic mass is 10.1. The van der Waals surface area contributed by atoms with Gasteiger partial charge in [-0.1, -0.05) is 11.6 Å². The second-order valence-corrected chi connectivity index (χ2v) is 4.34. The van der Waals surface area contributed by atoms with Gasteiger partial charge in [-0.3, -0.25) is 4.79 Å². The molecule has 2 aromatic rings. The Morgan fingerprint density at radius 2 is 2.05 bits per heavy atom. The van der Waals surface area contributed by atoms with Crippen molar-refractivity contribution in [2.45, 2.75) is 6.92 Å². The number of Topliss-reactive ketones (excluding diaryl/α,β-unsaturated/α-hetero) is 1. The molecule has 0 amide bonds. The molecule has 1 aromatic carbocycles. The van der Waals surface area contributed by atoms with E-state index in [1.807, 2.05) is 0 Å². The molecule has 5 heteroatoms. The van der Waals surface area contributed by atoms with Gasteiger partial charge in [-0.25, -0.2) is 9.37 Å². The molecule has 0 unspecified atom stereocenters. The molecule has 1 aromatic heterocycles. The lowest BCUT2D eigenvalue weighted by Gasteiger charge is -2.09. The zero-order valence-electron chi connectivity index (χ0n) is 10.4. The molecule has 0 aliphatic rings. The monoisotopic (exact) mass is 279 g/mol. The van der Waals surface area contributed by atoms with E-state index in [0.717, 1.165) is 0 Å². The molecule has 0 N–H and O–H groups in total. The van der Waals surface area contributed by atoms with Crippen LogP contribution in [-0.4, -0.2) is 17.9 Å². The number of aromatic nitrogens is 1. The Balaban J connectivity index is 2.61. The van der Waals surface area contributed by atoms with Crippen molar-refractivity contribution in [1.29, 1.82) is 0 Å². The fourth-order valence-corrected chi connectivity index (χ4v) is 1.84. The van der Waals surface area contributed by atoms with Crippen molar-refractivity contribution in [3.8, 4) is 17.0 Å². The smallest absolute Gasteiger partial charge is 0.178 e. The van der Waals surface area contributed by atoms with Crippen molar-refractivity contribution in [2.24, 2.45) is 0 Å². The Hall–Kier alpha value is -1.94. The van der Waals surface area contributed by atoms with Gasteiger partial charge in [0, 0.05) is 12.5 Å². The van der Waals surface area contributed by atoms with Crippen LogP contribution in [0.1, 0.15) is 17.4 Å². The first-order chi connectivity index (χ1) is 9.02. The lowest BCUT2D eigenvalue weighted by molar-refractivity contribution is 0.101. The summed E-state index contributed by atoms with van der Waals surface area (Å²) in [6.45, 7) is 1.43. The van der Waals surface area contributed by atoms with Gasteiger partial charge in [0.1, 0.15) is 23.0 Å². The Labute approximate surface area is 115 Å². The molecular formula is C14H11ClFNO2. The average molecular weight is 280 g/mol. The molecule has 0 fully saturated rings. The lowest BCUT2D eigenvalue weighted by Crippen LogP contribution is -2.00. The maximum atomic E-state index is 13.2. The Bertz CT molecular complexity index is 643. The van der Waals surface area contributed by atoms with Crippen LogP contribution in [0.15, 0.2) is 30.3 Å². The molecule has 0 spiro atoms. The third-order valence-corrected chi connectivity index (χ3v) is 2.92. The van der Waals surface area contributed by atoms with Crippen LogP contribution >= 0.6 is 11.6 Å². The van der Waals surface area contributed by atoms with Gasteiger partial charge in [0.25, 0.3) is 0 Å². The first-order valence-corrected chi connectivity index (χ1v) is 5.92. The van der Waals surface area contributed by atoms with Crippen molar-refractivity contribution in [3.05, 3.63) is 46.9 Å². The van der Waals surface area contributed by atoms with Gasteiger partial charge in [0.05, 0.1) is 12.1 Å². The summed E-state index contributed by atoms with van der Waals surface area (Å²) in [6, 6.07) is 7.47. The Morgan fingerprint density at radius 1 is 1.32 bits per heavy atom. The summed E-state index contributed by atoms with van der Waals surface area (Å²) in [6.07, 6.45) is 0. The van der Waals surface area contributed by atoms with Crippen LogP contribution in [0.4, 0.5) is 4.39 Å². The number of ketones is 1. The highest BCUT2D eigenvalue weighted by Crippen LogP contribution is 2.30. The van der Waals surface area contributed by atoms with Gasteiger partial charge in [-0.15, -0.1) is 0 Å². The molecule has 1 heterocycles. The fourth-order valence-electron chi connectivity index (χ4n) is 1.66. The molecule has 0 bridgehead atoms. The molecule has 0 radical (unpaired) electrons. The summed E-state index contributed by atoms with van der Waals surface area (Å²) < 4.78 is 18.4. The predicted octanol–water partition coefficient (Wildman–Crippen LogP) is 3.75. The van der Waals surface area contributed by atoms with Gasteiger partial charge in [0.15, 0.2) is 5.78 Å². The average Bonchev–Trinajstić information content (AvgIpc) is 2.41. The first-order valence-electron chi connectivity index (χ1n) is 5.54. The Kier molecular flexibility index (Phi) is 3.81. The van der Waals surface area contributed by atoms with Gasteiger partial charge in [-0.05, 0) is 30.3 Å². The van der Waals surface area contributed by atoms with Crippen molar-refractivity contribution in [1.82, 2.24) is 4.98 Å². The zero-order chi connectivity index (χ0) is 14.0. The standard InChI is InChI=1S/C14H11ClFNO2/c1-8(18)12-5-6-13(19-2)14(17-12)9-3-4-11(16)10(15)7-9/h3-7H,1-2H3. The molecular weight excluding hydrogens is 269 g/mol. The summed E-state index contributed by atoms with van der Waals surface area (Å²) >= 11 is 5.75. The van der Waals surface area contributed by atoms with Crippen molar-refractivity contribution >= 4 is 17.4 Å². The largest absolute Gasteiger partial charge is 0.494 e. The number of hydrogen-bond donors (Lipinski definition) is 0. The van der Waals surface area contributed by atoms with E-state index in [1.165, 1.54) is 32.2 Å². The van der Waals surface area contributed by atoms with Crippen LogP contribution in [0.5, 0.6) is 5.75 Å². The molecule has 98 valence electrons. The molecule has 0 aliphatic heterocycles. The number of nitrogens with zero attached hydrogens (tertiary/aromatic N) is 1. The van der Waals surface area contributed by atoms with E-state index in [4.69, 9.17) is 16.3 Å². The minimum Gasteiger partial charge on any atom is -0.494 e. The first kappa shape index (κ1) is 13.5. The number of methoxy groups -OCH3 is 1. The molecule has 0 saturated carbocycles. The normalized spacial score (nSPS) is 10.3. The topological polar surface area (TPSA) is 39.2 Å². The fraction of sp³-hybridized carbons (Fsp3) is 0.143. The number of carbonyl (C=O) groups excluding carboxylic acids is 1. The van der Waals surface area contributed by atoms with Crippen LogP contribution < -0.4 is 4.74 Å². The van der Waals surface area contributed by atoms with Crippen molar-refractivity contribution in [3.63, 3.8) is 0 Å². The van der Waals surface area contributed by atoms with Crippen LogP contribution in [0.25, 0.3) is 11.3 Å². The minimum absolute atomic E-state index is 0.00502. The highest BCUT2D eigenvalue weighted by molar-refractivity contribution is 6.31. The molecule has 0 saturated heterocycles. The minimum atomic E-state index is -0.507. The van der Waals surface area contributed by atoms with E-state index in [1.54, 1.807) is 12.1 Å². The summed E-state index contributed by atoms with van der Waals surface area (Å²) in [4.78, 5) is 15.6. The summed E-state index contributed by atoms with van der Waals surface area (Å²) in [5.41, 5.74) is 1.36. The van der Waals surface area contributed by atoms with Gasteiger partial charge < -0.3 is 4.74 Å². The number of carbonyl (C=O) groups is 1. The number of rotatable bonds is 3. The quantitative estimate of drug-likeness (QED) is 0.803. The van der Waals surface area contributed by atoms with Gasteiger partial charge in [-0.2, -0.15) is 0 Å². The van der Waals surface area contributed by atoms with Crippen molar-refractivity contribution in [2.75, 3.05) is 7.11 Å². The van der Waals surface area contributed by atoms with Crippen LogP contribution in [0.2, 0.25) is 5.02 Å². The maximum absolute atomic E-state index is 13.2. The highest BCUT2D eigenvalue weighted by atomic mass is 35.5. The third kappa shape index (κ3) is 2.74. The third-order valence-electron chi connectivity index (χ3n) is 2.63. The van der Waals surface area contributed by atoms with Gasteiger partial charge >= 0.3 is 0 Å². The van der Waals surface area contributed by atoms with Gasteiger partial charge in [0.2, 0.25) is 0 Å². The predicted molar refractivity (Wildman–Crippen MR) is 71.2 cm³/mol. The van der Waals surface area contributed by atoms with Crippen LogP contribution in [0.3, 0.4) is 0 Å². The second-order valence-electron chi connectivity index (χ2n) is 3.93. The van der Waals surface area contributed by atoms with E-state index < -0.39 is 5.82 Å². The number of hydrogen-bond acceptors (Lipinski definition) is 3. The number of ether oxygens (including phenoxy) is 1. The highest BCUT2D eigenvalue weighted by Gasteiger charge is 2.12. The van der Waals surface area contributed by atoms with E-state index in [2.05, 4.69) is 4.98 Å². The number of pyridine rings is 1. The molecule has 2 rings (SSSR count). The summed E-state index contributed by atoms with van der Waals surface area (Å²) in [7, 11) is 1.50. The second kappa shape index (κ2) is 5.36. The van der Waals surface area contributed by atoms with E-state index >= 15 is 0 Å². The number of halogens is 2. The summed E-state index contributed by atoms with van der Waals surface area (Å²) in [5, 5.41) is -0.00502. The van der Waals surface area contributed by atoms with Crippen molar-refractivity contribution < 1.29 is 13.9 Å². The summed E-state index contributed by atoms with van der Waals surface area (Å²) in [5.74, 6) is -0.170. The maximum Gasteiger partial charge on any atom is 0.178 e. The van der Waals surface area contributed by atoms with Crippen LogP contribution in [-0.2, 0) is 0 Å². The molecule has 0 aliphatic carbocycles. The van der Waals surface area contributed by atoms with E-state index in [0.29, 0.717) is 22.7 Å². The van der Waals surface area contributed by atoms with E-state index in [9.17, 15) is 9.18 Å². The molecule has 3 nitrogen and oxygen atoms in total. The molecule has 0 atom stereocenters. The Morgan fingerprint density at radius 3 is 2.63 bits per heavy atom. The van der Waals surface area contributed by atoms with Crippen LogP contribution in [0, 0.1) is 5.82 Å². The SMILES string of the molecule is COc1ccc(C(C)=O)nc1-c1ccc(F)c(Cl)c1. The zero-order valence-corrected chi connectivity index (χ0v) is 11.2.